The van der Waals surface area contributed by atoms with E-state index in [-0.39, 0.29) is 18.4 Å². The minimum absolute atomic E-state index is 0.0632. The number of carbonyl (C=O) groups excluding carboxylic acids is 2. The first-order chi connectivity index (χ1) is 9.16. The molecule has 0 fully saturated rings. The summed E-state index contributed by atoms with van der Waals surface area (Å²) in [6.45, 7) is 2.63. The van der Waals surface area contributed by atoms with Crippen LogP contribution in [-0.2, 0) is 16.1 Å². The lowest BCUT2D eigenvalue weighted by Crippen LogP contribution is -2.35. The van der Waals surface area contributed by atoms with Gasteiger partial charge in [0, 0.05) is 31.7 Å². The van der Waals surface area contributed by atoms with Gasteiger partial charge in [0.05, 0.1) is 0 Å². The van der Waals surface area contributed by atoms with Crippen LogP contribution in [0.5, 0.6) is 0 Å². The number of carbonyl (C=O) groups is 2. The SMILES string of the molecule is CC(=O)NCCNC(=O)Cn1ccc2ccccc21. The monoisotopic (exact) mass is 259 g/mol. The minimum atomic E-state index is -0.0920. The molecule has 0 atom stereocenters. The summed E-state index contributed by atoms with van der Waals surface area (Å²) in [7, 11) is 0. The number of para-hydroxylation sites is 1. The predicted molar refractivity (Wildman–Crippen MR) is 73.6 cm³/mol. The van der Waals surface area contributed by atoms with Gasteiger partial charge in [0.1, 0.15) is 6.54 Å². The fourth-order valence-electron chi connectivity index (χ4n) is 1.93. The number of nitrogens with zero attached hydrogens (tertiary/aromatic N) is 1. The Morgan fingerprint density at radius 2 is 1.84 bits per heavy atom. The van der Waals surface area contributed by atoms with Crippen LogP contribution >= 0.6 is 0 Å². The van der Waals surface area contributed by atoms with Gasteiger partial charge in [-0.2, -0.15) is 0 Å². The molecule has 2 aromatic rings. The first-order valence-corrected chi connectivity index (χ1v) is 6.22. The fraction of sp³-hybridized carbons (Fsp3) is 0.286. The number of amides is 2. The summed E-state index contributed by atoms with van der Waals surface area (Å²) in [6, 6.07) is 9.91. The standard InChI is InChI=1S/C14H17N3O2/c1-11(18)15-7-8-16-14(19)10-17-9-6-12-4-2-3-5-13(12)17/h2-6,9H,7-8,10H2,1H3,(H,15,18)(H,16,19). The van der Waals surface area contributed by atoms with E-state index < -0.39 is 0 Å². The van der Waals surface area contributed by atoms with Crippen LogP contribution in [0.3, 0.4) is 0 Å². The molecule has 0 spiro atoms. The van der Waals surface area contributed by atoms with Gasteiger partial charge in [-0.3, -0.25) is 9.59 Å². The summed E-state index contributed by atoms with van der Waals surface area (Å²) in [4.78, 5) is 22.4. The maximum absolute atomic E-state index is 11.8. The Labute approximate surface area is 111 Å². The summed E-state index contributed by atoms with van der Waals surface area (Å²) in [5.74, 6) is -0.155. The molecule has 19 heavy (non-hydrogen) atoms. The van der Waals surface area contributed by atoms with Gasteiger partial charge in [-0.25, -0.2) is 0 Å². The van der Waals surface area contributed by atoms with Crippen molar-refractivity contribution in [3.05, 3.63) is 36.5 Å². The van der Waals surface area contributed by atoms with Crippen molar-refractivity contribution in [1.82, 2.24) is 15.2 Å². The number of fused-ring (bicyclic) bond motifs is 1. The minimum Gasteiger partial charge on any atom is -0.355 e. The van der Waals surface area contributed by atoms with E-state index in [1.807, 2.05) is 41.1 Å². The van der Waals surface area contributed by atoms with Gasteiger partial charge in [0.25, 0.3) is 0 Å². The molecule has 5 nitrogen and oxygen atoms in total. The average molecular weight is 259 g/mol. The van der Waals surface area contributed by atoms with Gasteiger partial charge in [-0.05, 0) is 17.5 Å². The van der Waals surface area contributed by atoms with Crippen molar-refractivity contribution in [3.8, 4) is 0 Å². The van der Waals surface area contributed by atoms with Crippen LogP contribution in [-0.4, -0.2) is 29.5 Å². The fourth-order valence-corrected chi connectivity index (χ4v) is 1.93. The molecule has 2 amide bonds. The van der Waals surface area contributed by atoms with E-state index in [1.165, 1.54) is 6.92 Å². The molecule has 0 aliphatic carbocycles. The summed E-state index contributed by atoms with van der Waals surface area (Å²) in [5.41, 5.74) is 1.04. The molecule has 100 valence electrons. The molecule has 0 aliphatic rings. The van der Waals surface area contributed by atoms with E-state index >= 15 is 0 Å². The number of rotatable bonds is 5. The zero-order valence-electron chi connectivity index (χ0n) is 10.8. The molecule has 0 aliphatic heterocycles. The second kappa shape index (κ2) is 6.04. The highest BCUT2D eigenvalue weighted by molar-refractivity contribution is 5.83. The summed E-state index contributed by atoms with van der Waals surface area (Å²) >= 11 is 0. The van der Waals surface area contributed by atoms with Crippen LogP contribution < -0.4 is 10.6 Å². The lowest BCUT2D eigenvalue weighted by molar-refractivity contribution is -0.122. The van der Waals surface area contributed by atoms with Crippen molar-refractivity contribution in [1.29, 1.82) is 0 Å². The van der Waals surface area contributed by atoms with Gasteiger partial charge < -0.3 is 15.2 Å². The Morgan fingerprint density at radius 3 is 2.63 bits per heavy atom. The Bertz CT molecular complexity index is 589. The molecule has 0 unspecified atom stereocenters. The highest BCUT2D eigenvalue weighted by atomic mass is 16.2. The van der Waals surface area contributed by atoms with Crippen LogP contribution in [0, 0.1) is 0 Å². The molecule has 5 heteroatoms. The van der Waals surface area contributed by atoms with Gasteiger partial charge in [-0.1, -0.05) is 18.2 Å². The molecule has 1 heterocycles. The topological polar surface area (TPSA) is 63.1 Å². The van der Waals surface area contributed by atoms with E-state index in [0.717, 1.165) is 10.9 Å². The number of benzene rings is 1. The normalized spacial score (nSPS) is 10.4. The number of nitrogens with one attached hydrogen (secondary N) is 2. The molecular formula is C14H17N3O2. The van der Waals surface area contributed by atoms with Crippen LogP contribution in [0.2, 0.25) is 0 Å². The van der Waals surface area contributed by atoms with E-state index in [1.54, 1.807) is 0 Å². The lowest BCUT2D eigenvalue weighted by atomic mass is 10.2. The number of aromatic nitrogens is 1. The molecule has 1 aromatic heterocycles. The third-order valence-corrected chi connectivity index (χ3v) is 2.82. The van der Waals surface area contributed by atoms with Crippen LogP contribution in [0.15, 0.2) is 36.5 Å². The van der Waals surface area contributed by atoms with Crippen molar-refractivity contribution in [2.45, 2.75) is 13.5 Å². The smallest absolute Gasteiger partial charge is 0.240 e. The Morgan fingerprint density at radius 1 is 1.11 bits per heavy atom. The summed E-state index contributed by atoms with van der Waals surface area (Å²) in [6.07, 6.45) is 1.90. The van der Waals surface area contributed by atoms with E-state index in [4.69, 9.17) is 0 Å². The second-order valence-corrected chi connectivity index (χ2v) is 4.34. The molecule has 2 rings (SSSR count). The zero-order valence-corrected chi connectivity index (χ0v) is 10.8. The van der Waals surface area contributed by atoms with E-state index in [9.17, 15) is 9.59 Å². The maximum atomic E-state index is 11.8. The summed E-state index contributed by atoms with van der Waals surface area (Å²) in [5, 5.41) is 6.51. The predicted octanol–water partition coefficient (Wildman–Crippen LogP) is 0.894. The van der Waals surface area contributed by atoms with Crippen molar-refractivity contribution in [2.75, 3.05) is 13.1 Å². The molecule has 1 aromatic carbocycles. The van der Waals surface area contributed by atoms with Gasteiger partial charge >= 0.3 is 0 Å². The second-order valence-electron chi connectivity index (χ2n) is 4.34. The Kier molecular flexibility index (Phi) is 4.18. The van der Waals surface area contributed by atoms with Crippen molar-refractivity contribution in [3.63, 3.8) is 0 Å². The van der Waals surface area contributed by atoms with Gasteiger partial charge in [-0.15, -0.1) is 0 Å². The van der Waals surface area contributed by atoms with Crippen molar-refractivity contribution < 1.29 is 9.59 Å². The molecular weight excluding hydrogens is 242 g/mol. The third-order valence-electron chi connectivity index (χ3n) is 2.82. The van der Waals surface area contributed by atoms with E-state index in [2.05, 4.69) is 10.6 Å². The molecule has 0 radical (unpaired) electrons. The Balaban J connectivity index is 1.87. The van der Waals surface area contributed by atoms with Gasteiger partial charge in [0.15, 0.2) is 0 Å². The molecule has 2 N–H and O–H groups in total. The van der Waals surface area contributed by atoms with Crippen LogP contribution in [0.25, 0.3) is 10.9 Å². The van der Waals surface area contributed by atoms with Crippen molar-refractivity contribution >= 4 is 22.7 Å². The lowest BCUT2D eigenvalue weighted by Gasteiger charge is -2.07. The zero-order chi connectivity index (χ0) is 13.7. The number of hydrogen-bond donors (Lipinski definition) is 2. The molecule has 0 bridgehead atoms. The quantitative estimate of drug-likeness (QED) is 0.783. The first-order valence-electron chi connectivity index (χ1n) is 6.22. The van der Waals surface area contributed by atoms with E-state index in [0.29, 0.717) is 13.1 Å². The van der Waals surface area contributed by atoms with Crippen LogP contribution in [0.1, 0.15) is 6.92 Å². The average Bonchev–Trinajstić information content (AvgIpc) is 2.78. The molecule has 0 saturated heterocycles. The third kappa shape index (κ3) is 3.58. The highest BCUT2D eigenvalue weighted by Crippen LogP contribution is 2.14. The first kappa shape index (κ1) is 13.1. The Hall–Kier alpha value is -2.30. The van der Waals surface area contributed by atoms with Gasteiger partial charge in [0.2, 0.25) is 11.8 Å². The number of hydrogen-bond acceptors (Lipinski definition) is 2. The van der Waals surface area contributed by atoms with Crippen LogP contribution in [0.4, 0.5) is 0 Å². The maximum Gasteiger partial charge on any atom is 0.240 e. The van der Waals surface area contributed by atoms with Crippen molar-refractivity contribution in [2.24, 2.45) is 0 Å². The highest BCUT2D eigenvalue weighted by Gasteiger charge is 2.05. The summed E-state index contributed by atoms with van der Waals surface area (Å²) < 4.78 is 1.91. The molecule has 0 saturated carbocycles. The largest absolute Gasteiger partial charge is 0.355 e.